The Morgan fingerprint density at radius 3 is 2.89 bits per heavy atom. The van der Waals surface area contributed by atoms with Gasteiger partial charge < -0.3 is 29.2 Å². The lowest BCUT2D eigenvalue weighted by molar-refractivity contribution is -0.0817. The number of guanidine groups is 1. The first kappa shape index (κ1) is 20.9. The Hall–Kier alpha value is -0.780. The minimum Gasteiger partial charge on any atom is -0.454 e. The van der Waals surface area contributed by atoms with Crippen LogP contribution in [0.4, 0.5) is 0 Å². The Labute approximate surface area is 184 Å². The third-order valence-electron chi connectivity index (χ3n) is 4.92. The lowest BCUT2D eigenvalue weighted by Gasteiger charge is -2.37. The Bertz CT molecular complexity index is 685. The topological polar surface area (TPSA) is 64.6 Å². The van der Waals surface area contributed by atoms with Crippen LogP contribution in [0.1, 0.15) is 18.4 Å². The molecule has 7 nitrogen and oxygen atoms in total. The number of aliphatic imine (C=N–C) groups is 1. The van der Waals surface area contributed by atoms with Crippen LogP contribution in [0.3, 0.4) is 0 Å². The van der Waals surface area contributed by atoms with Gasteiger partial charge in [0.15, 0.2) is 17.5 Å². The number of rotatable bonds is 3. The van der Waals surface area contributed by atoms with Gasteiger partial charge in [-0.3, -0.25) is 4.99 Å². The second kappa shape index (κ2) is 9.62. The molecule has 150 valence electrons. The Morgan fingerprint density at radius 2 is 2.11 bits per heavy atom. The second-order valence-electron chi connectivity index (χ2n) is 6.62. The molecule has 3 aliphatic rings. The van der Waals surface area contributed by atoms with Gasteiger partial charge in [0.2, 0.25) is 6.79 Å². The molecule has 27 heavy (non-hydrogen) atoms. The van der Waals surface area contributed by atoms with E-state index in [1.54, 1.807) is 0 Å². The summed E-state index contributed by atoms with van der Waals surface area (Å²) in [6, 6.07) is 4.05. The Kier molecular flexibility index (Phi) is 7.46. The summed E-state index contributed by atoms with van der Waals surface area (Å²) in [7, 11) is 1.81. The fourth-order valence-corrected chi connectivity index (χ4v) is 4.23. The van der Waals surface area contributed by atoms with E-state index in [4.69, 9.17) is 18.9 Å². The molecule has 1 aromatic carbocycles. The molecule has 0 aromatic heterocycles. The van der Waals surface area contributed by atoms with Gasteiger partial charge in [-0.15, -0.1) is 24.0 Å². The summed E-state index contributed by atoms with van der Waals surface area (Å²) in [5.41, 5.74) is 1.10. The van der Waals surface area contributed by atoms with E-state index in [-0.39, 0.29) is 43.0 Å². The van der Waals surface area contributed by atoms with Crippen molar-refractivity contribution in [2.75, 3.05) is 40.1 Å². The zero-order chi connectivity index (χ0) is 17.9. The molecule has 2 saturated heterocycles. The van der Waals surface area contributed by atoms with Crippen LogP contribution in [0.5, 0.6) is 11.5 Å². The number of nitrogens with one attached hydrogen (secondary N) is 1. The van der Waals surface area contributed by atoms with Crippen molar-refractivity contribution in [2.24, 2.45) is 4.99 Å². The molecule has 4 rings (SSSR count). The SMILES string of the molecule is CN=C(NCc1cc(Br)c2c(c1)OCO2)N1CCOC(C2CCCO2)C1.I. The molecule has 0 spiro atoms. The quantitative estimate of drug-likeness (QED) is 0.353. The zero-order valence-electron chi connectivity index (χ0n) is 15.3. The maximum atomic E-state index is 5.93. The molecular formula is C18H25BrIN3O4. The highest BCUT2D eigenvalue weighted by Gasteiger charge is 2.32. The van der Waals surface area contributed by atoms with E-state index in [0.29, 0.717) is 13.2 Å². The van der Waals surface area contributed by atoms with E-state index in [1.807, 2.05) is 19.2 Å². The summed E-state index contributed by atoms with van der Waals surface area (Å²) >= 11 is 3.54. The number of ether oxygens (including phenoxy) is 4. The fraction of sp³-hybridized carbons (Fsp3) is 0.611. The average molecular weight is 554 g/mol. The smallest absolute Gasteiger partial charge is 0.231 e. The van der Waals surface area contributed by atoms with Crippen molar-refractivity contribution in [1.82, 2.24) is 10.2 Å². The summed E-state index contributed by atoms with van der Waals surface area (Å²) in [4.78, 5) is 6.70. The van der Waals surface area contributed by atoms with Crippen molar-refractivity contribution in [3.63, 3.8) is 0 Å². The summed E-state index contributed by atoms with van der Waals surface area (Å²) < 4.78 is 23.6. The van der Waals surface area contributed by atoms with Crippen molar-refractivity contribution < 1.29 is 18.9 Å². The van der Waals surface area contributed by atoms with Crippen LogP contribution in [0.15, 0.2) is 21.6 Å². The van der Waals surface area contributed by atoms with E-state index >= 15 is 0 Å². The number of morpholine rings is 1. The average Bonchev–Trinajstić information content (AvgIpc) is 3.34. The van der Waals surface area contributed by atoms with Crippen LogP contribution < -0.4 is 14.8 Å². The minimum absolute atomic E-state index is 0. The van der Waals surface area contributed by atoms with Crippen molar-refractivity contribution in [3.05, 3.63) is 22.2 Å². The monoisotopic (exact) mass is 553 g/mol. The predicted octanol–water partition coefficient (Wildman–Crippen LogP) is 2.75. The summed E-state index contributed by atoms with van der Waals surface area (Å²) in [5, 5.41) is 3.45. The highest BCUT2D eigenvalue weighted by atomic mass is 127. The van der Waals surface area contributed by atoms with Crippen molar-refractivity contribution >= 4 is 45.9 Å². The van der Waals surface area contributed by atoms with Gasteiger partial charge in [-0.05, 0) is 46.5 Å². The molecule has 1 aromatic rings. The molecule has 2 fully saturated rings. The van der Waals surface area contributed by atoms with E-state index in [2.05, 4.69) is 31.1 Å². The van der Waals surface area contributed by atoms with Gasteiger partial charge in [0.25, 0.3) is 0 Å². The summed E-state index contributed by atoms with van der Waals surface area (Å²) in [6.45, 7) is 4.09. The van der Waals surface area contributed by atoms with Crippen LogP contribution in [0.2, 0.25) is 0 Å². The highest BCUT2D eigenvalue weighted by molar-refractivity contribution is 14.0. The number of fused-ring (bicyclic) bond motifs is 1. The summed E-state index contributed by atoms with van der Waals surface area (Å²) in [6.07, 6.45) is 2.52. The van der Waals surface area contributed by atoms with Gasteiger partial charge >= 0.3 is 0 Å². The fourth-order valence-electron chi connectivity index (χ4n) is 3.62. The van der Waals surface area contributed by atoms with Gasteiger partial charge in [-0.2, -0.15) is 0 Å². The Balaban J connectivity index is 0.00000210. The number of halogens is 2. The third kappa shape index (κ3) is 4.80. The first-order valence-corrected chi connectivity index (χ1v) is 9.80. The second-order valence-corrected chi connectivity index (χ2v) is 7.47. The molecule has 3 aliphatic heterocycles. The van der Waals surface area contributed by atoms with E-state index in [1.165, 1.54) is 0 Å². The molecule has 0 aliphatic carbocycles. The van der Waals surface area contributed by atoms with E-state index in [9.17, 15) is 0 Å². The van der Waals surface area contributed by atoms with Crippen LogP contribution >= 0.6 is 39.9 Å². The minimum atomic E-state index is 0. The maximum absolute atomic E-state index is 5.93. The van der Waals surface area contributed by atoms with Crippen LogP contribution in [0, 0.1) is 0 Å². The molecule has 2 unspecified atom stereocenters. The number of hydrogen-bond donors (Lipinski definition) is 1. The molecule has 0 radical (unpaired) electrons. The molecule has 3 heterocycles. The largest absolute Gasteiger partial charge is 0.454 e. The first-order chi connectivity index (χ1) is 12.7. The first-order valence-electron chi connectivity index (χ1n) is 9.01. The lowest BCUT2D eigenvalue weighted by atomic mass is 10.1. The predicted molar refractivity (Wildman–Crippen MR) is 116 cm³/mol. The lowest BCUT2D eigenvalue weighted by Crippen LogP contribution is -2.53. The molecule has 9 heteroatoms. The molecule has 0 saturated carbocycles. The van der Waals surface area contributed by atoms with Crippen LogP contribution in [0.25, 0.3) is 0 Å². The van der Waals surface area contributed by atoms with Crippen LogP contribution in [-0.2, 0) is 16.0 Å². The Morgan fingerprint density at radius 1 is 1.26 bits per heavy atom. The van der Waals surface area contributed by atoms with E-state index < -0.39 is 0 Å². The van der Waals surface area contributed by atoms with Gasteiger partial charge in [-0.1, -0.05) is 0 Å². The van der Waals surface area contributed by atoms with Gasteiger partial charge in [0.1, 0.15) is 6.10 Å². The van der Waals surface area contributed by atoms with Gasteiger partial charge in [0, 0.05) is 33.3 Å². The standard InChI is InChI=1S/C18H24BrN3O4.HI/c1-20-18(22-4-6-24-16(10-22)14-3-2-5-23-14)21-9-12-7-13(19)17-15(8-12)25-11-26-17;/h7-8,14,16H,2-6,9-11H2,1H3,(H,20,21);1H. The normalized spacial score (nSPS) is 24.7. The van der Waals surface area contributed by atoms with Crippen molar-refractivity contribution in [3.8, 4) is 11.5 Å². The van der Waals surface area contributed by atoms with Crippen LogP contribution in [-0.4, -0.2) is 63.2 Å². The molecule has 1 N–H and O–H groups in total. The van der Waals surface area contributed by atoms with Crippen molar-refractivity contribution in [2.45, 2.75) is 31.6 Å². The summed E-state index contributed by atoms with van der Waals surface area (Å²) in [5.74, 6) is 2.42. The van der Waals surface area contributed by atoms with E-state index in [0.717, 1.165) is 60.0 Å². The number of benzene rings is 1. The molecule has 0 bridgehead atoms. The number of nitrogens with zero attached hydrogens (tertiary/aromatic N) is 2. The molecule has 2 atom stereocenters. The van der Waals surface area contributed by atoms with Crippen molar-refractivity contribution in [1.29, 1.82) is 0 Å². The molecule has 0 amide bonds. The number of hydrogen-bond acceptors (Lipinski definition) is 5. The highest BCUT2D eigenvalue weighted by Crippen LogP contribution is 2.39. The van der Waals surface area contributed by atoms with Gasteiger partial charge in [0.05, 0.1) is 17.2 Å². The van der Waals surface area contributed by atoms with Gasteiger partial charge in [-0.25, -0.2) is 0 Å². The zero-order valence-corrected chi connectivity index (χ0v) is 19.2. The molecular weight excluding hydrogens is 529 g/mol. The maximum Gasteiger partial charge on any atom is 0.231 e. The third-order valence-corrected chi connectivity index (χ3v) is 5.51.